The third-order valence-electron chi connectivity index (χ3n) is 2.10. The summed E-state index contributed by atoms with van der Waals surface area (Å²) in [7, 11) is 0. The number of benzene rings is 1. The van der Waals surface area contributed by atoms with Crippen molar-refractivity contribution in [1.29, 1.82) is 0 Å². The number of nitrogens with zero attached hydrogens (tertiary/aromatic N) is 3. The minimum Gasteiger partial charge on any atom is -0.361 e. The fourth-order valence-electron chi connectivity index (χ4n) is 1.39. The number of hydrogen-bond acceptors (Lipinski definition) is 1. The minimum atomic E-state index is 0.554. The standard InChI is InChI=1S/C12H9N3/c13-15-12(10-4-2-1-3-5-10)11-6-8-14-9-7-11/h1-9H. The van der Waals surface area contributed by atoms with Gasteiger partial charge in [0.25, 0.3) is 0 Å². The van der Waals surface area contributed by atoms with Crippen LogP contribution in [-0.2, 0) is 0 Å². The summed E-state index contributed by atoms with van der Waals surface area (Å²) in [6.07, 6.45) is 3.34. The van der Waals surface area contributed by atoms with Gasteiger partial charge in [0.15, 0.2) is 0 Å². The monoisotopic (exact) mass is 195 g/mol. The topological polar surface area (TPSA) is 49.3 Å². The highest BCUT2D eigenvalue weighted by atomic mass is 14.9. The zero-order chi connectivity index (χ0) is 10.5. The van der Waals surface area contributed by atoms with Gasteiger partial charge >= 0.3 is 5.71 Å². The molecule has 0 bridgehead atoms. The van der Waals surface area contributed by atoms with E-state index in [1.165, 1.54) is 0 Å². The highest BCUT2D eigenvalue weighted by Gasteiger charge is 2.13. The molecule has 0 spiro atoms. The Labute approximate surface area is 87.7 Å². The lowest BCUT2D eigenvalue weighted by Crippen LogP contribution is -2.03. The van der Waals surface area contributed by atoms with Crippen LogP contribution in [0.5, 0.6) is 0 Å². The van der Waals surface area contributed by atoms with Gasteiger partial charge in [-0.05, 0) is 24.3 Å². The maximum absolute atomic E-state index is 9.00. The van der Waals surface area contributed by atoms with Gasteiger partial charge in [-0.25, -0.2) is 0 Å². The lowest BCUT2D eigenvalue weighted by Gasteiger charge is -1.95. The summed E-state index contributed by atoms with van der Waals surface area (Å²) in [5.41, 5.74) is 11.3. The first-order valence-electron chi connectivity index (χ1n) is 4.59. The van der Waals surface area contributed by atoms with E-state index in [0.717, 1.165) is 11.1 Å². The predicted octanol–water partition coefficient (Wildman–Crippen LogP) is 2.15. The first-order chi connectivity index (χ1) is 7.42. The summed E-state index contributed by atoms with van der Waals surface area (Å²) in [6.45, 7) is 0. The largest absolute Gasteiger partial charge is 0.361 e. The summed E-state index contributed by atoms with van der Waals surface area (Å²) in [4.78, 5) is 7.24. The number of hydrogen-bond donors (Lipinski definition) is 0. The van der Waals surface area contributed by atoms with Gasteiger partial charge in [-0.15, -0.1) is 0 Å². The van der Waals surface area contributed by atoms with E-state index in [9.17, 15) is 0 Å². The third-order valence-corrected chi connectivity index (χ3v) is 2.10. The van der Waals surface area contributed by atoms with Crippen molar-refractivity contribution in [2.45, 2.75) is 0 Å². The molecule has 3 nitrogen and oxygen atoms in total. The lowest BCUT2D eigenvalue weighted by atomic mass is 10.0. The molecule has 0 N–H and O–H groups in total. The van der Waals surface area contributed by atoms with E-state index >= 15 is 0 Å². The van der Waals surface area contributed by atoms with Crippen molar-refractivity contribution in [2.24, 2.45) is 0 Å². The van der Waals surface area contributed by atoms with Crippen molar-refractivity contribution in [2.75, 3.05) is 0 Å². The van der Waals surface area contributed by atoms with E-state index in [1.54, 1.807) is 12.4 Å². The molecule has 0 aliphatic rings. The van der Waals surface area contributed by atoms with Crippen LogP contribution >= 0.6 is 0 Å². The molecule has 2 aromatic rings. The maximum atomic E-state index is 9.00. The molecule has 1 aromatic heterocycles. The molecule has 0 fully saturated rings. The van der Waals surface area contributed by atoms with E-state index in [4.69, 9.17) is 5.53 Å². The first-order valence-corrected chi connectivity index (χ1v) is 4.59. The Morgan fingerprint density at radius 1 is 0.933 bits per heavy atom. The molecule has 72 valence electrons. The van der Waals surface area contributed by atoms with Crippen LogP contribution in [0.1, 0.15) is 11.1 Å². The van der Waals surface area contributed by atoms with E-state index in [0.29, 0.717) is 5.71 Å². The molecule has 0 saturated heterocycles. The van der Waals surface area contributed by atoms with Crippen LogP contribution in [-0.4, -0.2) is 15.5 Å². The predicted molar refractivity (Wildman–Crippen MR) is 57.5 cm³/mol. The smallest absolute Gasteiger partial charge is 0.329 e. The van der Waals surface area contributed by atoms with Crippen molar-refractivity contribution < 1.29 is 4.79 Å². The van der Waals surface area contributed by atoms with Crippen molar-refractivity contribution in [1.82, 2.24) is 4.98 Å². The van der Waals surface area contributed by atoms with Crippen molar-refractivity contribution in [3.8, 4) is 0 Å². The fraction of sp³-hybridized carbons (Fsp3) is 0. The van der Waals surface area contributed by atoms with Crippen LogP contribution in [0, 0.1) is 0 Å². The normalized spacial score (nSPS) is 9.33. The summed E-state index contributed by atoms with van der Waals surface area (Å²) >= 11 is 0. The van der Waals surface area contributed by atoms with Crippen LogP contribution in [0.25, 0.3) is 5.53 Å². The molecule has 0 saturated carbocycles. The Kier molecular flexibility index (Phi) is 2.68. The molecule has 0 radical (unpaired) electrons. The van der Waals surface area contributed by atoms with Gasteiger partial charge in [-0.1, -0.05) is 18.2 Å². The van der Waals surface area contributed by atoms with Gasteiger partial charge in [0, 0.05) is 12.4 Å². The molecule has 0 atom stereocenters. The van der Waals surface area contributed by atoms with Gasteiger partial charge in [0.2, 0.25) is 0 Å². The van der Waals surface area contributed by atoms with Gasteiger partial charge in [0.05, 0.1) is 11.1 Å². The summed E-state index contributed by atoms with van der Waals surface area (Å²) in [5.74, 6) is 0. The summed E-state index contributed by atoms with van der Waals surface area (Å²) in [5, 5.41) is 0. The second kappa shape index (κ2) is 4.31. The van der Waals surface area contributed by atoms with E-state index in [1.807, 2.05) is 42.5 Å². The second-order valence-corrected chi connectivity index (χ2v) is 3.05. The van der Waals surface area contributed by atoms with Crippen LogP contribution in [0.3, 0.4) is 0 Å². The zero-order valence-electron chi connectivity index (χ0n) is 8.04. The zero-order valence-corrected chi connectivity index (χ0v) is 8.04. The van der Waals surface area contributed by atoms with Crippen LogP contribution in [0.4, 0.5) is 0 Å². The van der Waals surface area contributed by atoms with Gasteiger partial charge in [-0.3, -0.25) is 4.98 Å². The molecule has 0 amide bonds. The van der Waals surface area contributed by atoms with Crippen molar-refractivity contribution in [3.05, 3.63) is 71.5 Å². The molecular formula is C12H9N3. The van der Waals surface area contributed by atoms with E-state index in [2.05, 4.69) is 9.77 Å². The van der Waals surface area contributed by atoms with E-state index in [-0.39, 0.29) is 0 Å². The maximum Gasteiger partial charge on any atom is 0.329 e. The molecule has 1 aromatic carbocycles. The SMILES string of the molecule is [N-]=[N+]=C(c1ccccc1)c1ccncc1. The minimum absolute atomic E-state index is 0.554. The van der Waals surface area contributed by atoms with Crippen LogP contribution in [0.2, 0.25) is 0 Å². The Morgan fingerprint density at radius 2 is 1.53 bits per heavy atom. The van der Waals surface area contributed by atoms with Gasteiger partial charge in [-0.2, -0.15) is 4.79 Å². The highest BCUT2D eigenvalue weighted by Crippen LogP contribution is 2.07. The Hall–Kier alpha value is -2.25. The second-order valence-electron chi connectivity index (χ2n) is 3.05. The molecule has 2 rings (SSSR count). The Bertz CT molecular complexity index is 443. The molecule has 0 aliphatic carbocycles. The quantitative estimate of drug-likeness (QED) is 0.411. The third kappa shape index (κ3) is 1.98. The average molecular weight is 195 g/mol. The molecular weight excluding hydrogens is 186 g/mol. The van der Waals surface area contributed by atoms with Crippen LogP contribution in [0.15, 0.2) is 54.9 Å². The number of rotatable bonds is 2. The average Bonchev–Trinajstić information content (AvgIpc) is 2.33. The van der Waals surface area contributed by atoms with E-state index < -0.39 is 0 Å². The first kappa shape index (κ1) is 9.31. The van der Waals surface area contributed by atoms with Crippen molar-refractivity contribution in [3.63, 3.8) is 0 Å². The van der Waals surface area contributed by atoms with Crippen molar-refractivity contribution >= 4 is 5.71 Å². The van der Waals surface area contributed by atoms with Crippen LogP contribution < -0.4 is 0 Å². The Morgan fingerprint density at radius 3 is 2.13 bits per heavy atom. The van der Waals surface area contributed by atoms with Gasteiger partial charge < -0.3 is 5.53 Å². The molecule has 0 aliphatic heterocycles. The molecule has 15 heavy (non-hydrogen) atoms. The van der Waals surface area contributed by atoms with Gasteiger partial charge in [0.1, 0.15) is 0 Å². The highest BCUT2D eigenvalue weighted by molar-refractivity contribution is 6.09. The lowest BCUT2D eigenvalue weighted by molar-refractivity contribution is -0.00279. The summed E-state index contributed by atoms with van der Waals surface area (Å²) < 4.78 is 0. The molecule has 3 heteroatoms. The Balaban J connectivity index is 2.48. The molecule has 1 heterocycles. The number of pyridine rings is 1. The fourth-order valence-corrected chi connectivity index (χ4v) is 1.39. The number of aromatic nitrogens is 1. The molecule has 0 unspecified atom stereocenters. The summed E-state index contributed by atoms with van der Waals surface area (Å²) in [6, 6.07) is 13.1.